The lowest BCUT2D eigenvalue weighted by Crippen LogP contribution is -2.29. The first kappa shape index (κ1) is 16.4. The fourth-order valence-electron chi connectivity index (χ4n) is 2.78. The van der Waals surface area contributed by atoms with Crippen molar-refractivity contribution < 1.29 is 22.8 Å². The maximum atomic E-state index is 12.6. The number of rotatable bonds is 4. The standard InChI is InChI=1S/C14H18F3N3O2/c15-14(16,17)9-3-1-8(2-4-9)5-12(21)20-10-6-11(13(18)22)19-7-10/h6-9,19H,1-5H2,(H2,18,22)(H,20,21). The summed E-state index contributed by atoms with van der Waals surface area (Å²) in [6.07, 6.45) is -1.55. The summed E-state index contributed by atoms with van der Waals surface area (Å²) in [6, 6.07) is 1.42. The van der Waals surface area contributed by atoms with Gasteiger partial charge in [0, 0.05) is 12.6 Å². The molecular weight excluding hydrogens is 299 g/mol. The van der Waals surface area contributed by atoms with Gasteiger partial charge in [-0.05, 0) is 37.7 Å². The predicted octanol–water partition coefficient (Wildman–Crippen LogP) is 2.81. The number of hydrogen-bond donors (Lipinski definition) is 3. The van der Waals surface area contributed by atoms with E-state index < -0.39 is 18.0 Å². The van der Waals surface area contributed by atoms with Gasteiger partial charge < -0.3 is 16.0 Å². The third kappa shape index (κ3) is 4.25. The number of carbonyl (C=O) groups is 2. The second-order valence-corrected chi connectivity index (χ2v) is 5.68. The number of primary amides is 1. The van der Waals surface area contributed by atoms with E-state index in [2.05, 4.69) is 10.3 Å². The van der Waals surface area contributed by atoms with Crippen molar-refractivity contribution in [3.8, 4) is 0 Å². The molecule has 22 heavy (non-hydrogen) atoms. The van der Waals surface area contributed by atoms with E-state index in [0.29, 0.717) is 18.5 Å². The van der Waals surface area contributed by atoms with Crippen LogP contribution in [-0.2, 0) is 4.79 Å². The van der Waals surface area contributed by atoms with Gasteiger partial charge in [-0.2, -0.15) is 13.2 Å². The van der Waals surface area contributed by atoms with Crippen LogP contribution in [-0.4, -0.2) is 23.0 Å². The van der Waals surface area contributed by atoms with Crippen molar-refractivity contribution in [1.29, 1.82) is 0 Å². The van der Waals surface area contributed by atoms with Crippen molar-refractivity contribution in [1.82, 2.24) is 4.98 Å². The maximum absolute atomic E-state index is 12.6. The van der Waals surface area contributed by atoms with Crippen LogP contribution in [0.4, 0.5) is 18.9 Å². The molecule has 0 saturated heterocycles. The van der Waals surface area contributed by atoms with Crippen LogP contribution in [0.1, 0.15) is 42.6 Å². The third-order valence-corrected chi connectivity index (χ3v) is 4.02. The third-order valence-electron chi connectivity index (χ3n) is 4.02. The van der Waals surface area contributed by atoms with E-state index in [0.717, 1.165) is 0 Å². The Kier molecular flexibility index (Phi) is 4.77. The molecule has 0 bridgehead atoms. The van der Waals surface area contributed by atoms with Crippen LogP contribution < -0.4 is 11.1 Å². The van der Waals surface area contributed by atoms with Gasteiger partial charge in [0.05, 0.1) is 11.6 Å². The summed E-state index contributed by atoms with van der Waals surface area (Å²) >= 11 is 0. The normalized spacial score (nSPS) is 22.3. The largest absolute Gasteiger partial charge is 0.391 e. The smallest absolute Gasteiger partial charge is 0.364 e. The number of carbonyl (C=O) groups excluding carboxylic acids is 2. The maximum Gasteiger partial charge on any atom is 0.391 e. The molecule has 0 aliphatic heterocycles. The van der Waals surface area contributed by atoms with Crippen molar-refractivity contribution in [2.45, 2.75) is 38.3 Å². The first-order valence-electron chi connectivity index (χ1n) is 7.10. The Morgan fingerprint density at radius 1 is 1.27 bits per heavy atom. The zero-order chi connectivity index (χ0) is 16.3. The SMILES string of the molecule is NC(=O)c1cc(NC(=O)CC2CCC(C(F)(F)F)CC2)c[nH]1. The molecule has 1 aromatic heterocycles. The van der Waals surface area contributed by atoms with Gasteiger partial charge in [-0.25, -0.2) is 0 Å². The number of amides is 2. The predicted molar refractivity (Wildman–Crippen MR) is 74.1 cm³/mol. The number of anilines is 1. The second-order valence-electron chi connectivity index (χ2n) is 5.68. The minimum absolute atomic E-state index is 0.0341. The van der Waals surface area contributed by atoms with Gasteiger partial charge in [0.1, 0.15) is 5.69 Å². The van der Waals surface area contributed by atoms with E-state index in [1.807, 2.05) is 0 Å². The van der Waals surface area contributed by atoms with Crippen molar-refractivity contribution >= 4 is 17.5 Å². The monoisotopic (exact) mass is 317 g/mol. The fraction of sp³-hybridized carbons (Fsp3) is 0.571. The Morgan fingerprint density at radius 2 is 1.91 bits per heavy atom. The van der Waals surface area contributed by atoms with Gasteiger partial charge >= 0.3 is 6.18 Å². The highest BCUT2D eigenvalue weighted by atomic mass is 19.4. The highest BCUT2D eigenvalue weighted by molar-refractivity contribution is 5.95. The summed E-state index contributed by atoms with van der Waals surface area (Å²) in [4.78, 5) is 25.4. The van der Waals surface area contributed by atoms with Crippen LogP contribution >= 0.6 is 0 Å². The lowest BCUT2D eigenvalue weighted by atomic mass is 9.80. The summed E-state index contributed by atoms with van der Waals surface area (Å²) < 4.78 is 37.7. The molecule has 2 amide bonds. The molecule has 1 aliphatic rings. The lowest BCUT2D eigenvalue weighted by molar-refractivity contribution is -0.183. The minimum Gasteiger partial charge on any atom is -0.364 e. The molecule has 0 spiro atoms. The van der Waals surface area contributed by atoms with Crippen LogP contribution in [0, 0.1) is 11.8 Å². The highest BCUT2D eigenvalue weighted by Crippen LogP contribution is 2.40. The molecule has 4 N–H and O–H groups in total. The fourth-order valence-corrected chi connectivity index (χ4v) is 2.78. The van der Waals surface area contributed by atoms with E-state index >= 15 is 0 Å². The van der Waals surface area contributed by atoms with Crippen LogP contribution in [0.5, 0.6) is 0 Å². The van der Waals surface area contributed by atoms with Gasteiger partial charge in [-0.1, -0.05) is 0 Å². The average molecular weight is 317 g/mol. The molecule has 0 radical (unpaired) electrons. The zero-order valence-electron chi connectivity index (χ0n) is 11.9. The number of aromatic nitrogens is 1. The average Bonchev–Trinajstić information content (AvgIpc) is 2.86. The Balaban J connectivity index is 1.79. The summed E-state index contributed by atoms with van der Waals surface area (Å²) in [5.41, 5.74) is 5.68. The number of H-pyrrole nitrogens is 1. The second kappa shape index (κ2) is 6.41. The van der Waals surface area contributed by atoms with Crippen molar-refractivity contribution in [3.05, 3.63) is 18.0 Å². The van der Waals surface area contributed by atoms with E-state index in [9.17, 15) is 22.8 Å². The van der Waals surface area contributed by atoms with Gasteiger partial charge in [-0.15, -0.1) is 0 Å². The Bertz CT molecular complexity index is 546. The molecule has 1 aromatic rings. The highest BCUT2D eigenvalue weighted by Gasteiger charge is 2.41. The Morgan fingerprint density at radius 3 is 2.41 bits per heavy atom. The Hall–Kier alpha value is -1.99. The molecule has 1 heterocycles. The zero-order valence-corrected chi connectivity index (χ0v) is 11.9. The molecule has 0 aromatic carbocycles. The quantitative estimate of drug-likeness (QED) is 0.797. The number of halogens is 3. The molecule has 0 atom stereocenters. The van der Waals surface area contributed by atoms with Crippen LogP contribution in [0.15, 0.2) is 12.3 Å². The van der Waals surface area contributed by atoms with Gasteiger partial charge in [-0.3, -0.25) is 9.59 Å². The number of nitrogens with one attached hydrogen (secondary N) is 2. The van der Waals surface area contributed by atoms with Crippen molar-refractivity contribution in [3.63, 3.8) is 0 Å². The number of nitrogens with two attached hydrogens (primary N) is 1. The van der Waals surface area contributed by atoms with Crippen molar-refractivity contribution in [2.75, 3.05) is 5.32 Å². The minimum atomic E-state index is -4.14. The first-order valence-corrected chi connectivity index (χ1v) is 7.10. The van der Waals surface area contributed by atoms with Crippen LogP contribution in [0.2, 0.25) is 0 Å². The van der Waals surface area contributed by atoms with E-state index in [1.165, 1.54) is 12.3 Å². The summed E-state index contributed by atoms with van der Waals surface area (Å²) in [7, 11) is 0. The molecule has 1 saturated carbocycles. The molecule has 1 fully saturated rings. The molecular formula is C14H18F3N3O2. The Labute approximate surface area is 125 Å². The lowest BCUT2D eigenvalue weighted by Gasteiger charge is -2.29. The van der Waals surface area contributed by atoms with E-state index in [-0.39, 0.29) is 36.8 Å². The molecule has 122 valence electrons. The van der Waals surface area contributed by atoms with Gasteiger partial charge in [0.25, 0.3) is 5.91 Å². The first-order chi connectivity index (χ1) is 10.3. The van der Waals surface area contributed by atoms with E-state index in [1.54, 1.807) is 0 Å². The number of alkyl halides is 3. The topological polar surface area (TPSA) is 88.0 Å². The summed E-state index contributed by atoms with van der Waals surface area (Å²) in [5.74, 6) is -2.18. The molecule has 5 nitrogen and oxygen atoms in total. The van der Waals surface area contributed by atoms with Crippen LogP contribution in [0.25, 0.3) is 0 Å². The van der Waals surface area contributed by atoms with E-state index in [4.69, 9.17) is 5.73 Å². The summed E-state index contributed by atoms with van der Waals surface area (Å²) in [5, 5.41) is 2.61. The molecule has 8 heteroatoms. The van der Waals surface area contributed by atoms with Gasteiger partial charge in [0.2, 0.25) is 5.91 Å². The molecule has 0 unspecified atom stereocenters. The molecule has 1 aliphatic carbocycles. The number of aromatic amines is 1. The summed E-state index contributed by atoms with van der Waals surface area (Å²) in [6.45, 7) is 0. The van der Waals surface area contributed by atoms with Gasteiger partial charge in [0.15, 0.2) is 0 Å². The number of hydrogen-bond acceptors (Lipinski definition) is 2. The van der Waals surface area contributed by atoms with Crippen LogP contribution in [0.3, 0.4) is 0 Å². The van der Waals surface area contributed by atoms with Crippen molar-refractivity contribution in [2.24, 2.45) is 17.6 Å². The molecule has 2 rings (SSSR count).